The largest absolute Gasteiger partial charge is 0.342 e. The number of rotatable bonds is 9. The first kappa shape index (κ1) is 24.3. The molecule has 0 bridgehead atoms. The summed E-state index contributed by atoms with van der Waals surface area (Å²) in [6, 6.07) is 12.9. The summed E-state index contributed by atoms with van der Waals surface area (Å²) in [4.78, 5) is 25.2. The molecular weight excluding hydrogens is 434 g/mol. The van der Waals surface area contributed by atoms with Gasteiger partial charge in [0.1, 0.15) is 0 Å². The van der Waals surface area contributed by atoms with Crippen molar-refractivity contribution >= 4 is 29.3 Å². The molecule has 2 N–H and O–H groups in total. The Bertz CT molecular complexity index is 1170. The van der Waals surface area contributed by atoms with Crippen LogP contribution in [0.15, 0.2) is 60.3 Å². The molecule has 7 nitrogen and oxygen atoms in total. The standard InChI is InChI=1S/C25H29N5O2S/c1-6-13-30-23(19(5)26-24(32)21-10-8-7-9-17(21)3)28-29-25(30)33-15-22(31)27-20-12-11-16(2)18(4)14-20/h6-12,14,19H,1,13,15H2,2-5H3,(H,26,32)(H,27,31). The molecule has 1 atom stereocenters. The van der Waals surface area contributed by atoms with Gasteiger partial charge in [-0.3, -0.25) is 9.59 Å². The summed E-state index contributed by atoms with van der Waals surface area (Å²) >= 11 is 1.29. The van der Waals surface area contributed by atoms with Crippen LogP contribution < -0.4 is 10.6 Å². The van der Waals surface area contributed by atoms with Crippen molar-refractivity contribution in [2.45, 2.75) is 45.4 Å². The Hall–Kier alpha value is -3.39. The summed E-state index contributed by atoms with van der Waals surface area (Å²) in [6.45, 7) is 12.1. The minimum absolute atomic E-state index is 0.126. The maximum atomic E-state index is 12.7. The van der Waals surface area contributed by atoms with Crippen molar-refractivity contribution in [2.75, 3.05) is 11.1 Å². The van der Waals surface area contributed by atoms with Gasteiger partial charge in [-0.1, -0.05) is 42.1 Å². The zero-order valence-corrected chi connectivity index (χ0v) is 20.2. The number of nitrogens with one attached hydrogen (secondary N) is 2. The monoisotopic (exact) mass is 463 g/mol. The number of thioether (sulfide) groups is 1. The van der Waals surface area contributed by atoms with E-state index in [9.17, 15) is 9.59 Å². The Kier molecular flexibility index (Phi) is 8.06. The van der Waals surface area contributed by atoms with E-state index in [0.717, 1.165) is 16.8 Å². The number of hydrogen-bond acceptors (Lipinski definition) is 5. The minimum atomic E-state index is -0.372. The average molecular weight is 464 g/mol. The van der Waals surface area contributed by atoms with Gasteiger partial charge in [0, 0.05) is 17.8 Å². The van der Waals surface area contributed by atoms with Crippen molar-refractivity contribution in [1.82, 2.24) is 20.1 Å². The molecule has 8 heteroatoms. The van der Waals surface area contributed by atoms with Gasteiger partial charge < -0.3 is 15.2 Å². The molecule has 0 fully saturated rings. The van der Waals surface area contributed by atoms with Gasteiger partial charge >= 0.3 is 0 Å². The van der Waals surface area contributed by atoms with Crippen LogP contribution in [0.4, 0.5) is 5.69 Å². The molecule has 1 unspecified atom stereocenters. The molecule has 0 saturated carbocycles. The summed E-state index contributed by atoms with van der Waals surface area (Å²) < 4.78 is 1.86. The van der Waals surface area contributed by atoms with Gasteiger partial charge in [0.2, 0.25) is 5.91 Å². The number of allylic oxidation sites excluding steroid dienone is 1. The Labute approximate surface area is 198 Å². The van der Waals surface area contributed by atoms with Gasteiger partial charge in [0.15, 0.2) is 11.0 Å². The SMILES string of the molecule is C=CCn1c(SCC(=O)Nc2ccc(C)c(C)c2)nnc1C(C)NC(=O)c1ccccc1C. The first-order chi connectivity index (χ1) is 15.8. The highest BCUT2D eigenvalue weighted by Gasteiger charge is 2.21. The zero-order valence-electron chi connectivity index (χ0n) is 19.4. The maximum absolute atomic E-state index is 12.7. The van der Waals surface area contributed by atoms with Gasteiger partial charge in [0.25, 0.3) is 5.91 Å². The summed E-state index contributed by atoms with van der Waals surface area (Å²) in [7, 11) is 0. The van der Waals surface area contributed by atoms with Gasteiger partial charge in [0.05, 0.1) is 11.8 Å². The Morgan fingerprint density at radius 3 is 2.55 bits per heavy atom. The minimum Gasteiger partial charge on any atom is -0.342 e. The lowest BCUT2D eigenvalue weighted by molar-refractivity contribution is -0.113. The van der Waals surface area contributed by atoms with Crippen LogP contribution >= 0.6 is 11.8 Å². The number of anilines is 1. The third kappa shape index (κ3) is 6.10. The van der Waals surface area contributed by atoms with Crippen LogP contribution in [0.5, 0.6) is 0 Å². The highest BCUT2D eigenvalue weighted by Crippen LogP contribution is 2.22. The first-order valence-electron chi connectivity index (χ1n) is 10.7. The fourth-order valence-corrected chi connectivity index (χ4v) is 4.10. The fourth-order valence-electron chi connectivity index (χ4n) is 3.34. The lowest BCUT2D eigenvalue weighted by Crippen LogP contribution is -2.29. The van der Waals surface area contributed by atoms with E-state index in [1.54, 1.807) is 12.1 Å². The number of nitrogens with zero attached hydrogens (tertiary/aromatic N) is 3. The Morgan fingerprint density at radius 2 is 1.85 bits per heavy atom. The lowest BCUT2D eigenvalue weighted by Gasteiger charge is -2.16. The molecule has 0 radical (unpaired) electrons. The molecule has 1 aromatic heterocycles. The Balaban J connectivity index is 1.67. The van der Waals surface area contributed by atoms with Crippen molar-refractivity contribution < 1.29 is 9.59 Å². The molecule has 2 aromatic carbocycles. The van der Waals surface area contributed by atoms with Crippen molar-refractivity contribution in [3.63, 3.8) is 0 Å². The lowest BCUT2D eigenvalue weighted by atomic mass is 10.1. The van der Waals surface area contributed by atoms with E-state index in [4.69, 9.17) is 0 Å². The van der Waals surface area contributed by atoms with Gasteiger partial charge in [-0.15, -0.1) is 16.8 Å². The number of hydrogen-bond donors (Lipinski definition) is 2. The van der Waals surface area contributed by atoms with Crippen LogP contribution in [-0.4, -0.2) is 32.3 Å². The quantitative estimate of drug-likeness (QED) is 0.357. The van der Waals surface area contributed by atoms with Crippen LogP contribution in [0, 0.1) is 20.8 Å². The molecule has 0 aliphatic carbocycles. The van der Waals surface area contributed by atoms with Gasteiger partial charge in [-0.05, 0) is 62.6 Å². The molecule has 3 aromatic rings. The predicted molar refractivity (Wildman–Crippen MR) is 133 cm³/mol. The molecule has 0 saturated heterocycles. The molecule has 172 valence electrons. The number of benzene rings is 2. The number of amides is 2. The maximum Gasteiger partial charge on any atom is 0.252 e. The summed E-state index contributed by atoms with van der Waals surface area (Å²) in [5.74, 6) is 0.495. The van der Waals surface area contributed by atoms with E-state index in [2.05, 4.69) is 27.4 Å². The highest BCUT2D eigenvalue weighted by atomic mass is 32.2. The van der Waals surface area contributed by atoms with Crippen molar-refractivity contribution in [2.24, 2.45) is 0 Å². The van der Waals surface area contributed by atoms with E-state index in [-0.39, 0.29) is 23.6 Å². The third-order valence-corrected chi connectivity index (χ3v) is 6.27. The topological polar surface area (TPSA) is 88.9 Å². The summed E-state index contributed by atoms with van der Waals surface area (Å²) in [5.41, 5.74) is 4.59. The second kappa shape index (κ2) is 11.0. The van der Waals surface area contributed by atoms with Crippen LogP contribution in [0.2, 0.25) is 0 Å². The second-order valence-corrected chi connectivity index (χ2v) is 8.83. The smallest absolute Gasteiger partial charge is 0.252 e. The average Bonchev–Trinajstić information content (AvgIpc) is 3.18. The molecule has 1 heterocycles. The van der Waals surface area contributed by atoms with Crippen LogP contribution in [0.1, 0.15) is 45.8 Å². The molecule has 2 amide bonds. The van der Waals surface area contributed by atoms with Crippen molar-refractivity contribution in [3.8, 4) is 0 Å². The third-order valence-electron chi connectivity index (χ3n) is 5.30. The molecular formula is C25H29N5O2S. The molecule has 0 spiro atoms. The molecule has 33 heavy (non-hydrogen) atoms. The fraction of sp³-hybridized carbons (Fsp3) is 0.280. The molecule has 3 rings (SSSR count). The van der Waals surface area contributed by atoms with Gasteiger partial charge in [-0.2, -0.15) is 0 Å². The normalized spacial score (nSPS) is 11.6. The van der Waals surface area contributed by atoms with E-state index < -0.39 is 0 Å². The van der Waals surface area contributed by atoms with Crippen molar-refractivity contribution in [1.29, 1.82) is 0 Å². The summed E-state index contributed by atoms with van der Waals surface area (Å²) in [6.07, 6.45) is 1.74. The van der Waals surface area contributed by atoms with E-state index >= 15 is 0 Å². The van der Waals surface area contributed by atoms with E-state index in [1.807, 2.05) is 68.7 Å². The second-order valence-electron chi connectivity index (χ2n) is 7.89. The van der Waals surface area contributed by atoms with Crippen LogP contribution in [0.3, 0.4) is 0 Å². The zero-order chi connectivity index (χ0) is 24.0. The highest BCUT2D eigenvalue weighted by molar-refractivity contribution is 7.99. The predicted octanol–water partition coefficient (Wildman–Crippen LogP) is 4.61. The Morgan fingerprint density at radius 1 is 1.09 bits per heavy atom. The molecule has 0 aliphatic rings. The number of carbonyl (C=O) groups excluding carboxylic acids is 2. The number of carbonyl (C=O) groups is 2. The molecule has 0 aliphatic heterocycles. The number of aryl methyl sites for hydroxylation is 3. The van der Waals surface area contributed by atoms with E-state index in [1.165, 1.54) is 17.3 Å². The summed E-state index contributed by atoms with van der Waals surface area (Å²) in [5, 5.41) is 15.0. The van der Waals surface area contributed by atoms with Gasteiger partial charge in [-0.25, -0.2) is 0 Å². The van der Waals surface area contributed by atoms with Crippen LogP contribution in [-0.2, 0) is 11.3 Å². The van der Waals surface area contributed by atoms with Crippen LogP contribution in [0.25, 0.3) is 0 Å². The number of aromatic nitrogens is 3. The van der Waals surface area contributed by atoms with E-state index in [0.29, 0.717) is 23.1 Å². The van der Waals surface area contributed by atoms with Crippen molar-refractivity contribution in [3.05, 3.63) is 83.2 Å². The first-order valence-corrected chi connectivity index (χ1v) is 11.7.